The molecule has 21 heavy (non-hydrogen) atoms. The van der Waals surface area contributed by atoms with Crippen molar-refractivity contribution in [1.29, 1.82) is 0 Å². The number of nitrogens with one attached hydrogen (secondary N) is 1. The Hall–Kier alpha value is -0.540. The van der Waals surface area contributed by atoms with Crippen LogP contribution < -0.4 is 5.32 Å². The molecule has 0 radical (unpaired) electrons. The second kappa shape index (κ2) is 7.64. The van der Waals surface area contributed by atoms with Crippen molar-refractivity contribution in [2.24, 2.45) is 0 Å². The van der Waals surface area contributed by atoms with Gasteiger partial charge in [0, 0.05) is 14.5 Å². The maximum atomic E-state index is 6.38. The Morgan fingerprint density at radius 2 is 1.90 bits per heavy atom. The summed E-state index contributed by atoms with van der Waals surface area (Å²) in [7, 11) is 0. The standard InChI is InChI=1S/C17H18BrCl2N/c1-3-8-21-17(12-4-6-15(18)11(2)9-12)14-10-13(19)5-7-16(14)20/h4-7,9-10,17,21H,3,8H2,1-2H3. The Morgan fingerprint density at radius 1 is 1.14 bits per heavy atom. The zero-order valence-electron chi connectivity index (χ0n) is 12.1. The van der Waals surface area contributed by atoms with Crippen molar-refractivity contribution in [3.8, 4) is 0 Å². The summed E-state index contributed by atoms with van der Waals surface area (Å²) in [6, 6.07) is 12.0. The molecule has 0 aromatic heterocycles. The topological polar surface area (TPSA) is 12.0 Å². The van der Waals surface area contributed by atoms with Crippen LogP contribution >= 0.6 is 39.1 Å². The Balaban J connectivity index is 2.46. The van der Waals surface area contributed by atoms with E-state index in [4.69, 9.17) is 23.2 Å². The summed E-state index contributed by atoms with van der Waals surface area (Å²) in [6.45, 7) is 5.16. The molecule has 2 aromatic rings. The molecule has 0 bridgehead atoms. The van der Waals surface area contributed by atoms with Crippen LogP contribution in [0.1, 0.15) is 36.1 Å². The predicted molar refractivity (Wildman–Crippen MR) is 95.5 cm³/mol. The summed E-state index contributed by atoms with van der Waals surface area (Å²) in [5.41, 5.74) is 3.40. The fraction of sp³-hybridized carbons (Fsp3) is 0.294. The fourth-order valence-corrected chi connectivity index (χ4v) is 2.93. The molecule has 1 unspecified atom stereocenters. The van der Waals surface area contributed by atoms with E-state index in [0.29, 0.717) is 5.02 Å². The van der Waals surface area contributed by atoms with Crippen molar-refractivity contribution in [3.63, 3.8) is 0 Å². The van der Waals surface area contributed by atoms with E-state index in [1.807, 2.05) is 18.2 Å². The Labute approximate surface area is 144 Å². The van der Waals surface area contributed by atoms with Crippen molar-refractivity contribution in [3.05, 3.63) is 67.6 Å². The minimum Gasteiger partial charge on any atom is -0.306 e. The molecule has 2 rings (SSSR count). The predicted octanol–water partition coefficient (Wildman–Crippen LogP) is 6.15. The Bertz CT molecular complexity index is 628. The molecule has 0 saturated heterocycles. The lowest BCUT2D eigenvalue weighted by atomic mass is 9.97. The maximum Gasteiger partial charge on any atom is 0.0592 e. The summed E-state index contributed by atoms with van der Waals surface area (Å²) < 4.78 is 1.11. The Kier molecular flexibility index (Phi) is 6.12. The van der Waals surface area contributed by atoms with Gasteiger partial charge in [-0.1, -0.05) is 58.2 Å². The van der Waals surface area contributed by atoms with Crippen molar-refractivity contribution in [1.82, 2.24) is 5.32 Å². The van der Waals surface area contributed by atoms with Crippen molar-refractivity contribution in [2.45, 2.75) is 26.3 Å². The molecule has 0 saturated carbocycles. The monoisotopic (exact) mass is 385 g/mol. The van der Waals surface area contributed by atoms with Crippen LogP contribution in [0, 0.1) is 6.92 Å². The normalized spacial score (nSPS) is 12.4. The third-order valence-corrected chi connectivity index (χ3v) is 4.85. The minimum absolute atomic E-state index is 0.0444. The smallest absolute Gasteiger partial charge is 0.0592 e. The summed E-state index contributed by atoms with van der Waals surface area (Å²) in [4.78, 5) is 0. The van der Waals surface area contributed by atoms with E-state index in [1.165, 1.54) is 11.1 Å². The minimum atomic E-state index is 0.0444. The van der Waals surface area contributed by atoms with E-state index in [1.54, 1.807) is 0 Å². The zero-order valence-corrected chi connectivity index (χ0v) is 15.2. The summed E-state index contributed by atoms with van der Waals surface area (Å²) in [6.07, 6.45) is 1.06. The molecule has 0 aliphatic carbocycles. The van der Waals surface area contributed by atoms with Crippen LogP contribution in [0.15, 0.2) is 40.9 Å². The molecule has 0 aliphatic rings. The van der Waals surface area contributed by atoms with Crippen LogP contribution in [0.4, 0.5) is 0 Å². The highest BCUT2D eigenvalue weighted by Gasteiger charge is 2.17. The zero-order chi connectivity index (χ0) is 15.4. The average Bonchev–Trinajstić information content (AvgIpc) is 2.46. The lowest BCUT2D eigenvalue weighted by Crippen LogP contribution is -2.23. The first kappa shape index (κ1) is 16.8. The molecule has 0 spiro atoms. The third-order valence-electron chi connectivity index (χ3n) is 3.38. The average molecular weight is 387 g/mol. The summed E-state index contributed by atoms with van der Waals surface area (Å²) >= 11 is 16.1. The first-order valence-electron chi connectivity index (χ1n) is 6.97. The quantitative estimate of drug-likeness (QED) is 0.649. The van der Waals surface area contributed by atoms with Gasteiger partial charge < -0.3 is 5.32 Å². The highest BCUT2D eigenvalue weighted by atomic mass is 79.9. The molecular formula is C17H18BrCl2N. The first-order chi connectivity index (χ1) is 10.0. The van der Waals surface area contributed by atoms with E-state index in [9.17, 15) is 0 Å². The largest absolute Gasteiger partial charge is 0.306 e. The van der Waals surface area contributed by atoms with Crippen molar-refractivity contribution in [2.75, 3.05) is 6.54 Å². The van der Waals surface area contributed by atoms with Crippen molar-refractivity contribution >= 4 is 39.1 Å². The van der Waals surface area contributed by atoms with Crippen LogP contribution in [0.25, 0.3) is 0 Å². The van der Waals surface area contributed by atoms with E-state index in [2.05, 4.69) is 53.3 Å². The van der Waals surface area contributed by atoms with Crippen LogP contribution in [-0.2, 0) is 0 Å². The molecule has 0 aliphatic heterocycles. The van der Waals surface area contributed by atoms with E-state index in [-0.39, 0.29) is 6.04 Å². The highest BCUT2D eigenvalue weighted by Crippen LogP contribution is 2.32. The molecule has 4 heteroatoms. The lowest BCUT2D eigenvalue weighted by molar-refractivity contribution is 0.598. The van der Waals surface area contributed by atoms with Gasteiger partial charge in [0.05, 0.1) is 6.04 Å². The molecular weight excluding hydrogens is 369 g/mol. The second-order valence-corrected chi connectivity index (χ2v) is 6.76. The van der Waals surface area contributed by atoms with E-state index in [0.717, 1.165) is 28.0 Å². The third kappa shape index (κ3) is 4.23. The molecule has 2 aromatic carbocycles. The molecule has 1 N–H and O–H groups in total. The SMILES string of the molecule is CCCNC(c1ccc(Br)c(C)c1)c1cc(Cl)ccc1Cl. The van der Waals surface area contributed by atoms with Gasteiger partial charge in [0.15, 0.2) is 0 Å². The number of hydrogen-bond donors (Lipinski definition) is 1. The van der Waals surface area contributed by atoms with Crippen LogP contribution in [0.3, 0.4) is 0 Å². The van der Waals surface area contributed by atoms with Gasteiger partial charge in [-0.2, -0.15) is 0 Å². The van der Waals surface area contributed by atoms with Gasteiger partial charge in [-0.3, -0.25) is 0 Å². The maximum absolute atomic E-state index is 6.38. The van der Waals surface area contributed by atoms with Crippen LogP contribution in [0.2, 0.25) is 10.0 Å². The summed E-state index contributed by atoms with van der Waals surface area (Å²) in [5, 5.41) is 4.99. The van der Waals surface area contributed by atoms with E-state index >= 15 is 0 Å². The first-order valence-corrected chi connectivity index (χ1v) is 8.52. The van der Waals surface area contributed by atoms with Gasteiger partial charge in [0.1, 0.15) is 0 Å². The van der Waals surface area contributed by atoms with Gasteiger partial charge in [-0.05, 0) is 60.8 Å². The molecule has 1 nitrogen and oxygen atoms in total. The van der Waals surface area contributed by atoms with Crippen LogP contribution in [-0.4, -0.2) is 6.54 Å². The van der Waals surface area contributed by atoms with Gasteiger partial charge in [-0.25, -0.2) is 0 Å². The fourth-order valence-electron chi connectivity index (χ4n) is 2.28. The van der Waals surface area contributed by atoms with E-state index < -0.39 is 0 Å². The number of halogens is 3. The molecule has 1 atom stereocenters. The van der Waals surface area contributed by atoms with Gasteiger partial charge in [0.25, 0.3) is 0 Å². The van der Waals surface area contributed by atoms with Crippen molar-refractivity contribution < 1.29 is 0 Å². The number of rotatable bonds is 5. The number of aryl methyl sites for hydroxylation is 1. The second-order valence-electron chi connectivity index (χ2n) is 5.06. The molecule has 0 heterocycles. The lowest BCUT2D eigenvalue weighted by Gasteiger charge is -2.22. The van der Waals surface area contributed by atoms with Crippen LogP contribution in [0.5, 0.6) is 0 Å². The number of hydrogen-bond acceptors (Lipinski definition) is 1. The number of benzene rings is 2. The Morgan fingerprint density at radius 3 is 2.57 bits per heavy atom. The van der Waals surface area contributed by atoms with Gasteiger partial charge in [0.2, 0.25) is 0 Å². The summed E-state index contributed by atoms with van der Waals surface area (Å²) in [5.74, 6) is 0. The highest BCUT2D eigenvalue weighted by molar-refractivity contribution is 9.10. The van der Waals surface area contributed by atoms with Gasteiger partial charge in [-0.15, -0.1) is 0 Å². The molecule has 0 amide bonds. The molecule has 112 valence electrons. The van der Waals surface area contributed by atoms with Gasteiger partial charge >= 0.3 is 0 Å². The molecule has 0 fully saturated rings.